The van der Waals surface area contributed by atoms with Crippen molar-refractivity contribution in [3.63, 3.8) is 0 Å². The van der Waals surface area contributed by atoms with Crippen molar-refractivity contribution >= 4 is 11.6 Å². The number of piperidine rings is 1. The minimum atomic E-state index is -1.13. The van der Waals surface area contributed by atoms with E-state index in [-0.39, 0.29) is 18.3 Å². The van der Waals surface area contributed by atoms with Gasteiger partial charge in [-0.1, -0.05) is 12.1 Å². The molecule has 0 aliphatic carbocycles. The van der Waals surface area contributed by atoms with Gasteiger partial charge >= 0.3 is 0 Å². The van der Waals surface area contributed by atoms with Crippen LogP contribution in [0, 0.1) is 12.7 Å². The minimum Gasteiger partial charge on any atom is -0.368 e. The van der Waals surface area contributed by atoms with Crippen molar-refractivity contribution in [2.45, 2.75) is 32.5 Å². The van der Waals surface area contributed by atoms with Gasteiger partial charge in [-0.3, -0.25) is 9.78 Å². The first-order chi connectivity index (χ1) is 11.9. The average Bonchev–Trinajstić information content (AvgIpc) is 2.59. The zero-order valence-corrected chi connectivity index (χ0v) is 14.3. The number of alkyl halides is 1. The molecule has 4 nitrogen and oxygen atoms in total. The van der Waals surface area contributed by atoms with Crippen LogP contribution in [-0.4, -0.2) is 36.2 Å². The second kappa shape index (κ2) is 7.17. The Kier molecular flexibility index (Phi) is 4.97. The van der Waals surface area contributed by atoms with Crippen molar-refractivity contribution in [1.82, 2.24) is 10.3 Å². The summed E-state index contributed by atoms with van der Waals surface area (Å²) >= 11 is 0. The number of pyridine rings is 1. The van der Waals surface area contributed by atoms with Crippen molar-refractivity contribution in [1.29, 1.82) is 0 Å². The number of hydrogen-bond donors (Lipinski definition) is 1. The summed E-state index contributed by atoms with van der Waals surface area (Å²) in [4.78, 5) is 17.4. The van der Waals surface area contributed by atoms with E-state index < -0.39 is 12.2 Å². The first-order valence-corrected chi connectivity index (χ1v) is 8.33. The Morgan fingerprint density at radius 2 is 2.12 bits per heavy atom. The lowest BCUT2D eigenvalue weighted by Crippen LogP contribution is -2.52. The van der Waals surface area contributed by atoms with E-state index in [0.717, 1.165) is 5.69 Å². The van der Waals surface area contributed by atoms with Gasteiger partial charge in [-0.05, 0) is 37.1 Å². The minimum absolute atomic E-state index is 0.205. The van der Waals surface area contributed by atoms with E-state index in [4.69, 9.17) is 0 Å². The van der Waals surface area contributed by atoms with E-state index in [9.17, 15) is 13.6 Å². The second-order valence-corrected chi connectivity index (χ2v) is 6.42. The van der Waals surface area contributed by atoms with E-state index >= 15 is 0 Å². The number of carbonyl (C=O) groups excluding carboxylic acids is 1. The van der Waals surface area contributed by atoms with Crippen LogP contribution >= 0.6 is 0 Å². The Balaban J connectivity index is 1.78. The van der Waals surface area contributed by atoms with Gasteiger partial charge in [0, 0.05) is 30.9 Å². The fourth-order valence-electron chi connectivity index (χ4n) is 3.09. The van der Waals surface area contributed by atoms with Crippen LogP contribution in [0.5, 0.6) is 0 Å². The highest BCUT2D eigenvalue weighted by Gasteiger charge is 2.30. The summed E-state index contributed by atoms with van der Waals surface area (Å²) in [5, 5.41) is 2.66. The third-order valence-corrected chi connectivity index (χ3v) is 4.51. The van der Waals surface area contributed by atoms with Crippen molar-refractivity contribution in [3.8, 4) is 11.3 Å². The SMILES string of the molecule is CC(=O)N[C@@H]1CCN(c2ccnc(-c3ccc(C)c(F)c3)c2)C[C@@H]1F. The summed E-state index contributed by atoms with van der Waals surface area (Å²) in [6.45, 7) is 3.95. The summed E-state index contributed by atoms with van der Waals surface area (Å²) in [7, 11) is 0. The van der Waals surface area contributed by atoms with Crippen LogP contribution in [0.15, 0.2) is 36.5 Å². The number of anilines is 1. The Morgan fingerprint density at radius 1 is 1.32 bits per heavy atom. The highest BCUT2D eigenvalue weighted by Crippen LogP contribution is 2.26. The van der Waals surface area contributed by atoms with Crippen LogP contribution < -0.4 is 10.2 Å². The molecule has 1 N–H and O–H groups in total. The fraction of sp³-hybridized carbons (Fsp3) is 0.368. The smallest absolute Gasteiger partial charge is 0.217 e. The highest BCUT2D eigenvalue weighted by molar-refractivity contribution is 5.73. The third kappa shape index (κ3) is 3.95. The Bertz CT molecular complexity index is 781. The van der Waals surface area contributed by atoms with Gasteiger partial charge in [-0.15, -0.1) is 0 Å². The van der Waals surface area contributed by atoms with Gasteiger partial charge in [0.2, 0.25) is 5.91 Å². The van der Waals surface area contributed by atoms with Gasteiger partial charge in [0.1, 0.15) is 12.0 Å². The first kappa shape index (κ1) is 17.3. The molecule has 0 spiro atoms. The Morgan fingerprint density at radius 3 is 2.80 bits per heavy atom. The molecule has 1 aromatic carbocycles. The molecule has 2 atom stereocenters. The molecule has 0 bridgehead atoms. The number of carbonyl (C=O) groups is 1. The summed E-state index contributed by atoms with van der Waals surface area (Å²) in [5.74, 6) is -0.488. The van der Waals surface area contributed by atoms with E-state index in [2.05, 4.69) is 10.3 Å². The summed E-state index contributed by atoms with van der Waals surface area (Å²) in [5.41, 5.74) is 2.76. The lowest BCUT2D eigenvalue weighted by Gasteiger charge is -2.36. The molecule has 1 saturated heterocycles. The van der Waals surface area contributed by atoms with Crippen molar-refractivity contribution < 1.29 is 13.6 Å². The zero-order valence-electron chi connectivity index (χ0n) is 14.3. The Hall–Kier alpha value is -2.50. The first-order valence-electron chi connectivity index (χ1n) is 8.33. The topological polar surface area (TPSA) is 45.2 Å². The normalized spacial score (nSPS) is 20.4. The van der Waals surface area contributed by atoms with Crippen LogP contribution in [0.3, 0.4) is 0 Å². The maximum atomic E-state index is 14.3. The average molecular weight is 345 g/mol. The number of amides is 1. The summed E-state index contributed by atoms with van der Waals surface area (Å²) in [6.07, 6.45) is 1.05. The number of nitrogens with one attached hydrogen (secondary N) is 1. The van der Waals surface area contributed by atoms with Crippen LogP contribution in [-0.2, 0) is 4.79 Å². The van der Waals surface area contributed by atoms with Gasteiger partial charge in [0.05, 0.1) is 18.3 Å². The van der Waals surface area contributed by atoms with Gasteiger partial charge in [-0.2, -0.15) is 0 Å². The van der Waals surface area contributed by atoms with Crippen LogP contribution in [0.25, 0.3) is 11.3 Å². The number of aryl methyl sites for hydroxylation is 1. The second-order valence-electron chi connectivity index (χ2n) is 6.42. The predicted molar refractivity (Wildman–Crippen MR) is 93.7 cm³/mol. The number of aromatic nitrogens is 1. The van der Waals surface area contributed by atoms with Gasteiger partial charge in [-0.25, -0.2) is 8.78 Å². The van der Waals surface area contributed by atoms with Crippen molar-refractivity contribution in [2.75, 3.05) is 18.0 Å². The number of benzene rings is 1. The zero-order chi connectivity index (χ0) is 18.0. The predicted octanol–water partition coefficient (Wildman–Crippen LogP) is 3.25. The summed E-state index contributed by atoms with van der Waals surface area (Å²) < 4.78 is 28.1. The molecule has 2 heterocycles. The molecule has 1 fully saturated rings. The molecular weight excluding hydrogens is 324 g/mol. The molecule has 1 aromatic heterocycles. The molecule has 3 rings (SSSR count). The molecule has 1 aliphatic rings. The molecule has 1 aliphatic heterocycles. The maximum Gasteiger partial charge on any atom is 0.217 e. The fourth-order valence-corrected chi connectivity index (χ4v) is 3.09. The van der Waals surface area contributed by atoms with Gasteiger partial charge in [0.15, 0.2) is 0 Å². The molecule has 0 saturated carbocycles. The maximum absolute atomic E-state index is 14.3. The highest BCUT2D eigenvalue weighted by atomic mass is 19.1. The van der Waals surface area contributed by atoms with Gasteiger partial charge < -0.3 is 10.2 Å². The number of nitrogens with zero attached hydrogens (tertiary/aromatic N) is 2. The monoisotopic (exact) mass is 345 g/mol. The number of halogens is 2. The summed E-state index contributed by atoms with van der Waals surface area (Å²) in [6, 6.07) is 8.22. The lowest BCUT2D eigenvalue weighted by molar-refractivity contribution is -0.120. The third-order valence-electron chi connectivity index (χ3n) is 4.51. The molecular formula is C19H21F2N3O. The van der Waals surface area contributed by atoms with Crippen molar-refractivity contribution in [3.05, 3.63) is 47.9 Å². The standard InChI is InChI=1S/C19H21F2N3O/c1-12-3-4-14(9-16(12)20)19-10-15(5-7-22-19)24-8-6-18(17(21)11-24)23-13(2)25/h3-5,7,9-10,17-18H,6,8,11H2,1-2H3,(H,23,25)/t17-,18+/m0/s1. The van der Waals surface area contributed by atoms with E-state index in [1.54, 1.807) is 19.2 Å². The Labute approximate surface area is 145 Å². The lowest BCUT2D eigenvalue weighted by atomic mass is 10.0. The van der Waals surface area contributed by atoms with Crippen LogP contribution in [0.4, 0.5) is 14.5 Å². The quantitative estimate of drug-likeness (QED) is 0.929. The van der Waals surface area contributed by atoms with Crippen molar-refractivity contribution in [2.24, 2.45) is 0 Å². The largest absolute Gasteiger partial charge is 0.368 e. The van der Waals surface area contributed by atoms with E-state index in [0.29, 0.717) is 29.8 Å². The number of rotatable bonds is 3. The molecule has 6 heteroatoms. The molecule has 0 radical (unpaired) electrons. The number of hydrogen-bond acceptors (Lipinski definition) is 3. The van der Waals surface area contributed by atoms with E-state index in [1.807, 2.05) is 23.1 Å². The molecule has 132 valence electrons. The van der Waals surface area contributed by atoms with Crippen LogP contribution in [0.1, 0.15) is 18.9 Å². The molecule has 1 amide bonds. The van der Waals surface area contributed by atoms with Gasteiger partial charge in [0.25, 0.3) is 0 Å². The molecule has 0 unspecified atom stereocenters. The van der Waals surface area contributed by atoms with E-state index in [1.165, 1.54) is 13.0 Å². The molecule has 25 heavy (non-hydrogen) atoms. The molecule has 2 aromatic rings. The van der Waals surface area contributed by atoms with Crippen LogP contribution in [0.2, 0.25) is 0 Å².